The number of carbonyl (C=O) groups is 2. The quantitative estimate of drug-likeness (QED) is 0.685. The van der Waals surface area contributed by atoms with E-state index in [1.807, 2.05) is 20.1 Å². The van der Waals surface area contributed by atoms with E-state index < -0.39 is 12.0 Å². The topological polar surface area (TPSA) is 66.4 Å². The first-order chi connectivity index (χ1) is 7.52. The van der Waals surface area contributed by atoms with Crippen LogP contribution in [0.5, 0.6) is 0 Å². The molecule has 2 N–H and O–H groups in total. The highest BCUT2D eigenvalue weighted by Gasteiger charge is 2.21. The van der Waals surface area contributed by atoms with Gasteiger partial charge in [-0.1, -0.05) is 26.7 Å². The van der Waals surface area contributed by atoms with Gasteiger partial charge in [-0.3, -0.25) is 4.79 Å². The second-order valence-electron chi connectivity index (χ2n) is 3.90. The molecule has 5 heteroatoms. The van der Waals surface area contributed by atoms with Crippen LogP contribution >= 0.6 is 11.8 Å². The van der Waals surface area contributed by atoms with Crippen molar-refractivity contribution in [3.05, 3.63) is 0 Å². The van der Waals surface area contributed by atoms with Crippen molar-refractivity contribution in [3.8, 4) is 0 Å². The molecule has 0 aromatic carbocycles. The molecule has 0 rings (SSSR count). The van der Waals surface area contributed by atoms with E-state index in [0.717, 1.165) is 12.8 Å². The van der Waals surface area contributed by atoms with Crippen molar-refractivity contribution < 1.29 is 14.7 Å². The van der Waals surface area contributed by atoms with Crippen LogP contribution in [0.3, 0.4) is 0 Å². The number of carboxylic acid groups (broad SMARTS) is 1. The molecule has 0 saturated carbocycles. The lowest BCUT2D eigenvalue weighted by molar-refractivity contribution is -0.142. The molecule has 0 aromatic rings. The van der Waals surface area contributed by atoms with Gasteiger partial charge in [-0.05, 0) is 12.7 Å². The van der Waals surface area contributed by atoms with Crippen LogP contribution in [0.1, 0.15) is 33.1 Å². The Balaban J connectivity index is 4.17. The van der Waals surface area contributed by atoms with Crippen molar-refractivity contribution in [2.75, 3.05) is 12.0 Å². The summed E-state index contributed by atoms with van der Waals surface area (Å²) >= 11 is 1.58. The molecule has 0 aliphatic rings. The average Bonchev–Trinajstić information content (AvgIpc) is 2.23. The van der Waals surface area contributed by atoms with Gasteiger partial charge in [0.25, 0.3) is 0 Å². The first kappa shape index (κ1) is 15.3. The van der Waals surface area contributed by atoms with E-state index in [-0.39, 0.29) is 11.8 Å². The van der Waals surface area contributed by atoms with E-state index in [4.69, 9.17) is 5.11 Å². The normalized spacial score (nSPS) is 14.2. The summed E-state index contributed by atoms with van der Waals surface area (Å²) in [4.78, 5) is 22.5. The lowest BCUT2D eigenvalue weighted by atomic mass is 10.1. The molecule has 4 nitrogen and oxygen atoms in total. The van der Waals surface area contributed by atoms with Crippen molar-refractivity contribution in [3.63, 3.8) is 0 Å². The van der Waals surface area contributed by atoms with Gasteiger partial charge < -0.3 is 10.4 Å². The van der Waals surface area contributed by atoms with Gasteiger partial charge in [-0.25, -0.2) is 4.79 Å². The van der Waals surface area contributed by atoms with Gasteiger partial charge >= 0.3 is 5.97 Å². The predicted molar refractivity (Wildman–Crippen MR) is 66.6 cm³/mol. The van der Waals surface area contributed by atoms with Crippen LogP contribution in [0.25, 0.3) is 0 Å². The van der Waals surface area contributed by atoms with Gasteiger partial charge in [0.2, 0.25) is 5.91 Å². The largest absolute Gasteiger partial charge is 0.480 e. The minimum Gasteiger partial charge on any atom is -0.480 e. The second kappa shape index (κ2) is 8.44. The maximum Gasteiger partial charge on any atom is 0.326 e. The Labute approximate surface area is 101 Å². The summed E-state index contributed by atoms with van der Waals surface area (Å²) in [5.74, 6) is -0.541. The zero-order valence-electron chi connectivity index (χ0n) is 10.2. The highest BCUT2D eigenvalue weighted by molar-refractivity contribution is 7.98. The Kier molecular flexibility index (Phi) is 8.07. The first-order valence-electron chi connectivity index (χ1n) is 5.55. The molecule has 0 heterocycles. The maximum absolute atomic E-state index is 11.6. The van der Waals surface area contributed by atoms with Gasteiger partial charge in [-0.15, -0.1) is 0 Å². The van der Waals surface area contributed by atoms with Gasteiger partial charge in [-0.2, -0.15) is 11.8 Å². The Morgan fingerprint density at radius 2 is 2.06 bits per heavy atom. The molecular weight excluding hydrogens is 226 g/mol. The number of rotatable bonds is 8. The number of carboxylic acids is 1. The minimum absolute atomic E-state index is 0.140. The molecule has 0 aliphatic carbocycles. The van der Waals surface area contributed by atoms with Crippen LogP contribution in [-0.4, -0.2) is 35.0 Å². The number of hydrogen-bond acceptors (Lipinski definition) is 3. The number of unbranched alkanes of at least 4 members (excludes halogenated alkanes) is 1. The highest BCUT2D eigenvalue weighted by Crippen LogP contribution is 2.07. The fraction of sp³-hybridized carbons (Fsp3) is 0.818. The van der Waals surface area contributed by atoms with Gasteiger partial charge in [0.15, 0.2) is 0 Å². The van der Waals surface area contributed by atoms with Crippen LogP contribution in [0.4, 0.5) is 0 Å². The third-order valence-corrected chi connectivity index (χ3v) is 3.16. The molecular formula is C11H21NO3S. The molecule has 0 fully saturated rings. The molecule has 2 unspecified atom stereocenters. The van der Waals surface area contributed by atoms with Crippen molar-refractivity contribution in [2.24, 2.45) is 5.92 Å². The van der Waals surface area contributed by atoms with Crippen molar-refractivity contribution >= 4 is 23.6 Å². The molecule has 16 heavy (non-hydrogen) atoms. The molecule has 0 saturated heterocycles. The predicted octanol–water partition coefficient (Wildman–Crippen LogP) is 1.75. The highest BCUT2D eigenvalue weighted by atomic mass is 32.2. The van der Waals surface area contributed by atoms with E-state index >= 15 is 0 Å². The third-order valence-electron chi connectivity index (χ3n) is 2.33. The summed E-state index contributed by atoms with van der Waals surface area (Å²) in [5.41, 5.74) is 0. The smallest absolute Gasteiger partial charge is 0.326 e. The molecule has 0 radical (unpaired) electrons. The van der Waals surface area contributed by atoms with Gasteiger partial charge in [0, 0.05) is 11.7 Å². The van der Waals surface area contributed by atoms with E-state index in [2.05, 4.69) is 5.32 Å². The Morgan fingerprint density at radius 1 is 1.44 bits per heavy atom. The average molecular weight is 247 g/mol. The number of hydrogen-bond donors (Lipinski definition) is 2. The van der Waals surface area contributed by atoms with Crippen LogP contribution in [0.15, 0.2) is 0 Å². The fourth-order valence-electron chi connectivity index (χ4n) is 1.31. The maximum atomic E-state index is 11.6. The second-order valence-corrected chi connectivity index (χ2v) is 4.81. The van der Waals surface area contributed by atoms with Gasteiger partial charge in [0.05, 0.1) is 0 Å². The van der Waals surface area contributed by atoms with E-state index in [1.165, 1.54) is 0 Å². The molecule has 1 amide bonds. The molecule has 0 spiro atoms. The number of amides is 1. The van der Waals surface area contributed by atoms with Crippen molar-refractivity contribution in [1.82, 2.24) is 5.32 Å². The Morgan fingerprint density at radius 3 is 2.50 bits per heavy atom. The standard InChI is InChI=1S/C11H21NO3S/c1-4-5-6-9(11(14)15)12-10(13)8(2)7-16-3/h8-9H,4-7H2,1-3H3,(H,12,13)(H,14,15). The first-order valence-corrected chi connectivity index (χ1v) is 6.94. The van der Waals surface area contributed by atoms with Crippen LogP contribution in [0.2, 0.25) is 0 Å². The summed E-state index contributed by atoms with van der Waals surface area (Å²) in [5, 5.41) is 11.5. The van der Waals surface area contributed by atoms with Gasteiger partial charge in [0.1, 0.15) is 6.04 Å². The molecule has 0 aliphatic heterocycles. The summed E-state index contributed by atoms with van der Waals surface area (Å²) < 4.78 is 0. The Bertz CT molecular complexity index is 233. The zero-order chi connectivity index (χ0) is 12.6. The Hall–Kier alpha value is -0.710. The molecule has 2 atom stereocenters. The van der Waals surface area contributed by atoms with Crippen LogP contribution in [-0.2, 0) is 9.59 Å². The summed E-state index contributed by atoms with van der Waals surface area (Å²) in [6.07, 6.45) is 4.17. The third kappa shape index (κ3) is 6.00. The van der Waals surface area contributed by atoms with E-state index in [1.54, 1.807) is 11.8 Å². The van der Waals surface area contributed by atoms with Crippen LogP contribution in [0, 0.1) is 5.92 Å². The number of aliphatic carboxylic acids is 1. The van der Waals surface area contributed by atoms with Crippen molar-refractivity contribution in [2.45, 2.75) is 39.2 Å². The van der Waals surface area contributed by atoms with E-state index in [9.17, 15) is 9.59 Å². The SMILES string of the molecule is CCCCC(NC(=O)C(C)CSC)C(=O)O. The summed E-state index contributed by atoms with van der Waals surface area (Å²) in [7, 11) is 0. The number of carbonyl (C=O) groups excluding carboxylic acids is 1. The number of nitrogens with one attached hydrogen (secondary N) is 1. The number of thioether (sulfide) groups is 1. The molecule has 94 valence electrons. The summed E-state index contributed by atoms with van der Waals surface area (Å²) in [6.45, 7) is 3.81. The van der Waals surface area contributed by atoms with Crippen LogP contribution < -0.4 is 5.32 Å². The lowest BCUT2D eigenvalue weighted by Gasteiger charge is -2.17. The molecule has 0 bridgehead atoms. The zero-order valence-corrected chi connectivity index (χ0v) is 11.0. The fourth-order valence-corrected chi connectivity index (χ4v) is 1.96. The monoisotopic (exact) mass is 247 g/mol. The van der Waals surface area contributed by atoms with E-state index in [0.29, 0.717) is 12.2 Å². The van der Waals surface area contributed by atoms with Crippen molar-refractivity contribution in [1.29, 1.82) is 0 Å². The summed E-state index contributed by atoms with van der Waals surface area (Å²) in [6, 6.07) is -0.739. The lowest BCUT2D eigenvalue weighted by Crippen LogP contribution is -2.43. The molecule has 0 aromatic heterocycles. The minimum atomic E-state index is -0.946.